The summed E-state index contributed by atoms with van der Waals surface area (Å²) in [7, 11) is 0. The summed E-state index contributed by atoms with van der Waals surface area (Å²) in [6.45, 7) is 6.34. The fourth-order valence-corrected chi connectivity index (χ4v) is 2.71. The maximum absolute atomic E-state index is 4.64. The largest absolute Gasteiger partial charge is 0.238 e. The van der Waals surface area contributed by atoms with Gasteiger partial charge < -0.3 is 0 Å². The third kappa shape index (κ3) is 3.03. The molecule has 88 valence electrons. The van der Waals surface area contributed by atoms with Crippen molar-refractivity contribution in [3.63, 3.8) is 0 Å². The molecule has 0 spiro atoms. The minimum Gasteiger partial charge on any atom is -0.238 e. The van der Waals surface area contributed by atoms with Gasteiger partial charge >= 0.3 is 0 Å². The van der Waals surface area contributed by atoms with E-state index in [-0.39, 0.29) is 0 Å². The molecular formula is C13H19BrN2. The molecule has 0 aliphatic heterocycles. The zero-order valence-electron chi connectivity index (χ0n) is 10.2. The highest BCUT2D eigenvalue weighted by Crippen LogP contribution is 2.38. The van der Waals surface area contributed by atoms with Gasteiger partial charge in [-0.05, 0) is 31.7 Å². The first-order valence-electron chi connectivity index (χ1n) is 6.05. The molecule has 0 aromatic carbocycles. The second-order valence-electron chi connectivity index (χ2n) is 5.07. The van der Waals surface area contributed by atoms with E-state index >= 15 is 0 Å². The third-order valence-corrected chi connectivity index (χ3v) is 4.05. The molecule has 0 radical (unpaired) electrons. The molecule has 0 N–H and O–H groups in total. The molecule has 2 rings (SSSR count). The summed E-state index contributed by atoms with van der Waals surface area (Å²) in [4.78, 5) is 9.72. The lowest BCUT2D eigenvalue weighted by Crippen LogP contribution is -2.10. The van der Waals surface area contributed by atoms with Crippen molar-refractivity contribution >= 4 is 15.9 Å². The number of halogens is 1. The first-order chi connectivity index (χ1) is 7.56. The Labute approximate surface area is 106 Å². The number of alkyl halides is 1. The van der Waals surface area contributed by atoms with Gasteiger partial charge in [-0.2, -0.15) is 0 Å². The normalized spacial score (nSPS) is 17.8. The summed E-state index contributed by atoms with van der Waals surface area (Å²) >= 11 is 3.77. The molecule has 0 saturated heterocycles. The highest BCUT2D eigenvalue weighted by atomic mass is 79.9. The molecule has 0 amide bonds. The first-order valence-corrected chi connectivity index (χ1v) is 6.96. The summed E-state index contributed by atoms with van der Waals surface area (Å²) < 4.78 is 0. The van der Waals surface area contributed by atoms with Crippen molar-refractivity contribution < 1.29 is 0 Å². The molecule has 1 heterocycles. The molecule has 1 aliphatic carbocycles. The Hall–Kier alpha value is -0.440. The topological polar surface area (TPSA) is 25.8 Å². The van der Waals surface area contributed by atoms with Gasteiger partial charge in [-0.3, -0.25) is 0 Å². The van der Waals surface area contributed by atoms with Crippen LogP contribution in [0.5, 0.6) is 0 Å². The zero-order valence-corrected chi connectivity index (χ0v) is 11.8. The lowest BCUT2D eigenvalue weighted by Gasteiger charge is -2.11. The van der Waals surface area contributed by atoms with Crippen molar-refractivity contribution in [2.75, 3.05) is 0 Å². The molecule has 1 fully saturated rings. The van der Waals surface area contributed by atoms with Gasteiger partial charge in [-0.1, -0.05) is 29.8 Å². The second-order valence-corrected chi connectivity index (χ2v) is 6.25. The highest BCUT2D eigenvalue weighted by Gasteiger charge is 2.29. The van der Waals surface area contributed by atoms with Gasteiger partial charge in [0.2, 0.25) is 0 Å². The standard InChI is InChI=1S/C13H19BrN2/c1-8(2)13-15-9(3)6-11(16-13)7-12(14)10-4-5-10/h6,8,10,12H,4-5,7H2,1-3H3. The SMILES string of the molecule is Cc1cc(CC(Br)C2CC2)nc(C(C)C)n1. The Morgan fingerprint density at radius 1 is 1.38 bits per heavy atom. The lowest BCUT2D eigenvalue weighted by molar-refractivity contribution is 0.710. The molecule has 1 aromatic rings. The van der Waals surface area contributed by atoms with E-state index in [1.807, 2.05) is 0 Å². The smallest absolute Gasteiger partial charge is 0.131 e. The molecule has 2 nitrogen and oxygen atoms in total. The van der Waals surface area contributed by atoms with Crippen LogP contribution in [0.15, 0.2) is 6.07 Å². The van der Waals surface area contributed by atoms with Crippen LogP contribution in [0.2, 0.25) is 0 Å². The predicted octanol–water partition coefficient (Wildman–Crippen LogP) is 3.62. The Morgan fingerprint density at radius 2 is 2.06 bits per heavy atom. The molecule has 1 aliphatic rings. The van der Waals surface area contributed by atoms with Crippen LogP contribution < -0.4 is 0 Å². The van der Waals surface area contributed by atoms with Crippen LogP contribution >= 0.6 is 15.9 Å². The number of rotatable bonds is 4. The van der Waals surface area contributed by atoms with Gasteiger partial charge in [0.05, 0.1) is 0 Å². The molecule has 1 saturated carbocycles. The van der Waals surface area contributed by atoms with E-state index in [1.54, 1.807) is 0 Å². The minimum absolute atomic E-state index is 0.411. The van der Waals surface area contributed by atoms with Gasteiger partial charge in [0, 0.05) is 28.6 Å². The van der Waals surface area contributed by atoms with Gasteiger partial charge in [0.15, 0.2) is 0 Å². The van der Waals surface area contributed by atoms with E-state index in [1.165, 1.54) is 18.5 Å². The van der Waals surface area contributed by atoms with E-state index < -0.39 is 0 Å². The van der Waals surface area contributed by atoms with E-state index in [0.717, 1.165) is 23.9 Å². The number of hydrogen-bond donors (Lipinski definition) is 0. The van der Waals surface area contributed by atoms with E-state index in [4.69, 9.17) is 0 Å². The maximum atomic E-state index is 4.64. The fraction of sp³-hybridized carbons (Fsp3) is 0.692. The van der Waals surface area contributed by atoms with Crippen molar-refractivity contribution in [1.29, 1.82) is 0 Å². The van der Waals surface area contributed by atoms with Crippen molar-refractivity contribution in [2.45, 2.75) is 50.8 Å². The first kappa shape index (κ1) is 12.0. The Balaban J connectivity index is 2.13. The summed E-state index contributed by atoms with van der Waals surface area (Å²) in [6.07, 6.45) is 3.78. The Morgan fingerprint density at radius 3 is 2.62 bits per heavy atom. The van der Waals surface area contributed by atoms with Crippen LogP contribution in [0.4, 0.5) is 0 Å². The van der Waals surface area contributed by atoms with Gasteiger partial charge in [-0.25, -0.2) is 9.97 Å². The van der Waals surface area contributed by atoms with Crippen molar-refractivity contribution in [1.82, 2.24) is 9.97 Å². The summed E-state index contributed by atoms with van der Waals surface area (Å²) in [5, 5.41) is 0. The molecule has 1 atom stereocenters. The number of nitrogens with zero attached hydrogens (tertiary/aromatic N) is 2. The highest BCUT2D eigenvalue weighted by molar-refractivity contribution is 9.09. The molecular weight excluding hydrogens is 264 g/mol. The predicted molar refractivity (Wildman–Crippen MR) is 70.0 cm³/mol. The summed E-state index contributed by atoms with van der Waals surface area (Å²) in [5.41, 5.74) is 2.27. The van der Waals surface area contributed by atoms with Crippen LogP contribution in [0.1, 0.15) is 49.8 Å². The van der Waals surface area contributed by atoms with Crippen molar-refractivity contribution in [2.24, 2.45) is 5.92 Å². The number of aromatic nitrogens is 2. The number of aryl methyl sites for hydroxylation is 1. The molecule has 1 unspecified atom stereocenters. The van der Waals surface area contributed by atoms with E-state index in [0.29, 0.717) is 10.7 Å². The van der Waals surface area contributed by atoms with E-state index in [2.05, 4.69) is 52.7 Å². The zero-order chi connectivity index (χ0) is 11.7. The molecule has 3 heteroatoms. The molecule has 1 aromatic heterocycles. The maximum Gasteiger partial charge on any atom is 0.131 e. The monoisotopic (exact) mass is 282 g/mol. The quantitative estimate of drug-likeness (QED) is 0.789. The average Bonchev–Trinajstić information content (AvgIpc) is 2.99. The minimum atomic E-state index is 0.411. The lowest BCUT2D eigenvalue weighted by atomic mass is 10.1. The third-order valence-electron chi connectivity index (χ3n) is 2.98. The van der Waals surface area contributed by atoms with Crippen LogP contribution in [-0.4, -0.2) is 14.8 Å². The van der Waals surface area contributed by atoms with E-state index in [9.17, 15) is 0 Å². The summed E-state index contributed by atoms with van der Waals surface area (Å²) in [6, 6.07) is 2.11. The van der Waals surface area contributed by atoms with Crippen LogP contribution in [-0.2, 0) is 6.42 Å². The van der Waals surface area contributed by atoms with Crippen molar-refractivity contribution in [3.8, 4) is 0 Å². The van der Waals surface area contributed by atoms with Gasteiger partial charge in [0.25, 0.3) is 0 Å². The fourth-order valence-electron chi connectivity index (χ4n) is 1.85. The van der Waals surface area contributed by atoms with Crippen molar-refractivity contribution in [3.05, 3.63) is 23.3 Å². The Kier molecular flexibility index (Phi) is 3.63. The van der Waals surface area contributed by atoms with Crippen LogP contribution in [0, 0.1) is 12.8 Å². The van der Waals surface area contributed by atoms with Gasteiger partial charge in [-0.15, -0.1) is 0 Å². The number of hydrogen-bond acceptors (Lipinski definition) is 2. The van der Waals surface area contributed by atoms with Gasteiger partial charge in [0.1, 0.15) is 5.82 Å². The summed E-state index contributed by atoms with van der Waals surface area (Å²) in [5.74, 6) is 2.26. The Bertz CT molecular complexity index is 372. The second kappa shape index (κ2) is 4.82. The molecule has 0 bridgehead atoms. The van der Waals surface area contributed by atoms with Crippen LogP contribution in [0.25, 0.3) is 0 Å². The molecule has 16 heavy (non-hydrogen) atoms. The average molecular weight is 283 g/mol. The van der Waals surface area contributed by atoms with Crippen LogP contribution in [0.3, 0.4) is 0 Å².